The van der Waals surface area contributed by atoms with Crippen LogP contribution in [-0.2, 0) is 24.2 Å². The minimum absolute atomic E-state index is 0.122. The van der Waals surface area contributed by atoms with Gasteiger partial charge in [-0.2, -0.15) is 5.10 Å². The van der Waals surface area contributed by atoms with E-state index in [0.717, 1.165) is 49.1 Å². The summed E-state index contributed by atoms with van der Waals surface area (Å²) >= 11 is 6.42. The molecule has 134 valence electrons. The van der Waals surface area contributed by atoms with E-state index in [4.69, 9.17) is 16.7 Å². The Morgan fingerprint density at radius 1 is 1.12 bits per heavy atom. The van der Waals surface area contributed by atoms with E-state index in [1.54, 1.807) is 12.3 Å². The highest BCUT2D eigenvalue weighted by atomic mass is 35.5. The first-order valence-electron chi connectivity index (χ1n) is 9.04. The molecule has 1 aliphatic heterocycles. The van der Waals surface area contributed by atoms with E-state index >= 15 is 0 Å². The third kappa shape index (κ3) is 3.44. The standard InChI is InChI=1S/C20H21ClN4O/c21-16-8-10-22-20-19(16)17(14-18(26)24-11-4-5-12-24)23-25(20)13-9-15-6-2-1-3-7-15/h1-3,6-8,10H,4-5,9,11-14H2. The van der Waals surface area contributed by atoms with E-state index in [-0.39, 0.29) is 12.3 Å². The maximum atomic E-state index is 12.6. The molecule has 2 aromatic heterocycles. The minimum atomic E-state index is 0.122. The third-order valence-corrected chi connectivity index (χ3v) is 5.20. The van der Waals surface area contributed by atoms with Gasteiger partial charge in [0.1, 0.15) is 0 Å². The molecule has 0 unspecified atom stereocenters. The maximum Gasteiger partial charge on any atom is 0.228 e. The van der Waals surface area contributed by atoms with Crippen molar-refractivity contribution in [3.05, 3.63) is 58.9 Å². The van der Waals surface area contributed by atoms with Crippen LogP contribution in [0.4, 0.5) is 0 Å². The quantitative estimate of drug-likeness (QED) is 0.692. The van der Waals surface area contributed by atoms with E-state index in [1.165, 1.54) is 5.56 Å². The SMILES string of the molecule is O=C(Cc1nn(CCc2ccccc2)c2nccc(Cl)c12)N1CCCC1. The molecule has 0 spiro atoms. The molecule has 1 aliphatic rings. The molecule has 5 nitrogen and oxygen atoms in total. The molecule has 26 heavy (non-hydrogen) atoms. The Balaban J connectivity index is 1.61. The summed E-state index contributed by atoms with van der Waals surface area (Å²) in [6, 6.07) is 12.0. The fourth-order valence-corrected chi connectivity index (χ4v) is 3.76. The van der Waals surface area contributed by atoms with Crippen molar-refractivity contribution in [2.24, 2.45) is 0 Å². The topological polar surface area (TPSA) is 51.0 Å². The second-order valence-corrected chi connectivity index (χ2v) is 7.07. The fourth-order valence-electron chi connectivity index (χ4n) is 3.51. The van der Waals surface area contributed by atoms with Crippen LogP contribution >= 0.6 is 11.6 Å². The predicted molar refractivity (Wildman–Crippen MR) is 102 cm³/mol. The number of aryl methyl sites for hydroxylation is 2. The van der Waals surface area contributed by atoms with Crippen molar-refractivity contribution >= 4 is 28.5 Å². The number of nitrogens with zero attached hydrogens (tertiary/aromatic N) is 4. The average molecular weight is 369 g/mol. The second-order valence-electron chi connectivity index (χ2n) is 6.66. The first-order chi connectivity index (χ1) is 12.7. The van der Waals surface area contributed by atoms with Crippen LogP contribution in [0.15, 0.2) is 42.6 Å². The van der Waals surface area contributed by atoms with Crippen LogP contribution in [0.1, 0.15) is 24.1 Å². The normalized spacial score (nSPS) is 14.3. The van der Waals surface area contributed by atoms with Gasteiger partial charge in [-0.3, -0.25) is 4.79 Å². The molecule has 1 amide bonds. The summed E-state index contributed by atoms with van der Waals surface area (Å²) in [7, 11) is 0. The van der Waals surface area contributed by atoms with Gasteiger partial charge in [0.05, 0.1) is 22.5 Å². The van der Waals surface area contributed by atoms with Gasteiger partial charge in [-0.1, -0.05) is 41.9 Å². The summed E-state index contributed by atoms with van der Waals surface area (Å²) in [6.07, 6.45) is 4.99. The molecule has 3 aromatic rings. The Bertz CT molecular complexity index is 916. The molecule has 0 saturated carbocycles. The lowest BCUT2D eigenvalue weighted by atomic mass is 10.1. The first-order valence-corrected chi connectivity index (χ1v) is 9.42. The van der Waals surface area contributed by atoms with Crippen molar-refractivity contribution in [1.29, 1.82) is 0 Å². The second kappa shape index (κ2) is 7.46. The van der Waals surface area contributed by atoms with Gasteiger partial charge in [-0.25, -0.2) is 9.67 Å². The van der Waals surface area contributed by atoms with Gasteiger partial charge in [0.15, 0.2) is 5.65 Å². The molecule has 1 fully saturated rings. The summed E-state index contributed by atoms with van der Waals surface area (Å²) in [5.41, 5.74) is 2.72. The van der Waals surface area contributed by atoms with Crippen molar-refractivity contribution < 1.29 is 4.79 Å². The number of pyridine rings is 1. The predicted octanol–water partition coefficient (Wildman–Crippen LogP) is 3.49. The Labute approximate surface area is 157 Å². The first kappa shape index (κ1) is 17.0. The van der Waals surface area contributed by atoms with Crippen molar-refractivity contribution in [1.82, 2.24) is 19.7 Å². The van der Waals surface area contributed by atoms with Gasteiger partial charge in [-0.15, -0.1) is 0 Å². The molecule has 4 rings (SSSR count). The van der Waals surface area contributed by atoms with Gasteiger partial charge < -0.3 is 4.90 Å². The molecule has 1 aromatic carbocycles. The Kier molecular flexibility index (Phi) is 4.89. The van der Waals surface area contributed by atoms with E-state index in [9.17, 15) is 4.79 Å². The number of fused-ring (bicyclic) bond motifs is 1. The van der Waals surface area contributed by atoms with Gasteiger partial charge in [0.25, 0.3) is 0 Å². The zero-order valence-corrected chi connectivity index (χ0v) is 15.3. The lowest BCUT2D eigenvalue weighted by Crippen LogP contribution is -2.29. The van der Waals surface area contributed by atoms with E-state index < -0.39 is 0 Å². The number of rotatable bonds is 5. The fraction of sp³-hybridized carbons (Fsp3) is 0.350. The summed E-state index contributed by atoms with van der Waals surface area (Å²) in [5, 5.41) is 6.10. The Morgan fingerprint density at radius 2 is 1.88 bits per heavy atom. The zero-order chi connectivity index (χ0) is 17.9. The van der Waals surface area contributed by atoms with Crippen LogP contribution in [0.2, 0.25) is 5.02 Å². The van der Waals surface area contributed by atoms with E-state index in [0.29, 0.717) is 11.6 Å². The van der Waals surface area contributed by atoms with Gasteiger partial charge in [0.2, 0.25) is 5.91 Å². The number of hydrogen-bond donors (Lipinski definition) is 0. The Morgan fingerprint density at radius 3 is 2.65 bits per heavy atom. The van der Waals surface area contributed by atoms with Gasteiger partial charge in [-0.05, 0) is 30.9 Å². The maximum absolute atomic E-state index is 12.6. The molecule has 0 N–H and O–H groups in total. The van der Waals surface area contributed by atoms with Crippen LogP contribution in [0.25, 0.3) is 11.0 Å². The van der Waals surface area contributed by atoms with Crippen LogP contribution in [0.3, 0.4) is 0 Å². The molecular weight excluding hydrogens is 348 g/mol. The van der Waals surface area contributed by atoms with Crippen LogP contribution < -0.4 is 0 Å². The minimum Gasteiger partial charge on any atom is -0.342 e. The number of carbonyl (C=O) groups is 1. The molecule has 0 radical (unpaired) electrons. The number of benzene rings is 1. The molecule has 0 bridgehead atoms. The highest BCUT2D eigenvalue weighted by Crippen LogP contribution is 2.26. The summed E-state index contributed by atoms with van der Waals surface area (Å²) in [6.45, 7) is 2.39. The lowest BCUT2D eigenvalue weighted by molar-refractivity contribution is -0.129. The molecular formula is C20H21ClN4O. The molecule has 1 saturated heterocycles. The zero-order valence-electron chi connectivity index (χ0n) is 14.6. The number of aromatic nitrogens is 3. The molecule has 0 aliphatic carbocycles. The van der Waals surface area contributed by atoms with Crippen molar-refractivity contribution in [3.8, 4) is 0 Å². The van der Waals surface area contributed by atoms with E-state index in [1.807, 2.05) is 27.8 Å². The summed E-state index contributed by atoms with van der Waals surface area (Å²) < 4.78 is 1.88. The number of halogens is 1. The highest BCUT2D eigenvalue weighted by Gasteiger charge is 2.22. The molecule has 6 heteroatoms. The van der Waals surface area contributed by atoms with Crippen LogP contribution in [-0.4, -0.2) is 38.7 Å². The monoisotopic (exact) mass is 368 g/mol. The number of likely N-dealkylation sites (tertiary alicyclic amines) is 1. The third-order valence-electron chi connectivity index (χ3n) is 4.89. The lowest BCUT2D eigenvalue weighted by Gasteiger charge is -2.14. The van der Waals surface area contributed by atoms with Gasteiger partial charge in [0, 0.05) is 25.8 Å². The highest BCUT2D eigenvalue weighted by molar-refractivity contribution is 6.35. The summed E-state index contributed by atoms with van der Waals surface area (Å²) in [4.78, 5) is 19.0. The Hall–Kier alpha value is -2.40. The number of hydrogen-bond acceptors (Lipinski definition) is 3. The van der Waals surface area contributed by atoms with Crippen LogP contribution in [0, 0.1) is 0 Å². The molecule has 0 atom stereocenters. The molecule has 3 heterocycles. The smallest absolute Gasteiger partial charge is 0.228 e. The van der Waals surface area contributed by atoms with Crippen molar-refractivity contribution in [2.75, 3.05) is 13.1 Å². The number of amides is 1. The summed E-state index contributed by atoms with van der Waals surface area (Å²) in [5.74, 6) is 0.122. The van der Waals surface area contributed by atoms with Crippen LogP contribution in [0.5, 0.6) is 0 Å². The van der Waals surface area contributed by atoms with E-state index in [2.05, 4.69) is 17.1 Å². The number of carbonyl (C=O) groups excluding carboxylic acids is 1. The van der Waals surface area contributed by atoms with Crippen molar-refractivity contribution in [3.63, 3.8) is 0 Å². The van der Waals surface area contributed by atoms with Crippen molar-refractivity contribution in [2.45, 2.75) is 32.2 Å². The average Bonchev–Trinajstić information content (AvgIpc) is 3.30. The van der Waals surface area contributed by atoms with Gasteiger partial charge >= 0.3 is 0 Å². The largest absolute Gasteiger partial charge is 0.342 e.